The molecular formula is C11H18N6O3. The van der Waals surface area contributed by atoms with Crippen molar-refractivity contribution in [1.82, 2.24) is 20.2 Å². The van der Waals surface area contributed by atoms with E-state index in [9.17, 15) is 10.1 Å². The molecule has 1 aromatic heterocycles. The number of piperazine rings is 1. The molecule has 1 saturated heterocycles. The first-order chi connectivity index (χ1) is 9.72. The Morgan fingerprint density at radius 3 is 2.90 bits per heavy atom. The van der Waals surface area contributed by atoms with E-state index >= 15 is 0 Å². The minimum Gasteiger partial charge on any atom is -0.476 e. The Morgan fingerprint density at radius 1 is 1.50 bits per heavy atom. The van der Waals surface area contributed by atoms with E-state index in [2.05, 4.69) is 25.5 Å². The van der Waals surface area contributed by atoms with Crippen molar-refractivity contribution in [3.05, 3.63) is 16.4 Å². The van der Waals surface area contributed by atoms with Crippen molar-refractivity contribution in [1.29, 1.82) is 0 Å². The molecule has 1 aromatic rings. The molecule has 20 heavy (non-hydrogen) atoms. The van der Waals surface area contributed by atoms with Gasteiger partial charge in [-0.3, -0.25) is 15.0 Å². The first kappa shape index (κ1) is 14.4. The molecule has 2 rings (SSSR count). The van der Waals surface area contributed by atoms with E-state index in [0.717, 1.165) is 32.7 Å². The molecule has 9 heteroatoms. The third-order valence-electron chi connectivity index (χ3n) is 3.09. The molecule has 1 aliphatic heterocycles. The molecule has 2 heterocycles. The van der Waals surface area contributed by atoms with Gasteiger partial charge in [0, 0.05) is 39.3 Å². The molecule has 0 spiro atoms. The molecule has 0 aromatic carbocycles. The second-order valence-electron chi connectivity index (χ2n) is 4.36. The summed E-state index contributed by atoms with van der Waals surface area (Å²) in [6, 6.07) is 0. The minimum atomic E-state index is -0.536. The number of anilines is 1. The highest BCUT2D eigenvalue weighted by molar-refractivity contribution is 5.60. The highest BCUT2D eigenvalue weighted by atomic mass is 16.6. The van der Waals surface area contributed by atoms with Gasteiger partial charge in [-0.1, -0.05) is 0 Å². The lowest BCUT2D eigenvalue weighted by molar-refractivity contribution is -0.385. The summed E-state index contributed by atoms with van der Waals surface area (Å²) in [4.78, 5) is 20.5. The predicted octanol–water partition coefficient (Wildman–Crippen LogP) is -0.289. The average Bonchev–Trinajstić information content (AvgIpc) is 2.47. The van der Waals surface area contributed by atoms with Crippen molar-refractivity contribution in [2.24, 2.45) is 0 Å². The summed E-state index contributed by atoms with van der Waals surface area (Å²) in [5, 5.41) is 17.3. The van der Waals surface area contributed by atoms with E-state index in [4.69, 9.17) is 4.74 Å². The molecule has 0 bridgehead atoms. The lowest BCUT2D eigenvalue weighted by atomic mass is 10.3. The van der Waals surface area contributed by atoms with Crippen molar-refractivity contribution in [2.75, 3.05) is 51.7 Å². The fourth-order valence-corrected chi connectivity index (χ4v) is 2.07. The molecule has 9 nitrogen and oxygen atoms in total. The van der Waals surface area contributed by atoms with Crippen LogP contribution in [0.2, 0.25) is 0 Å². The molecule has 1 aliphatic rings. The molecule has 2 N–H and O–H groups in total. The van der Waals surface area contributed by atoms with E-state index in [1.807, 2.05) is 0 Å². The maximum atomic E-state index is 11.1. The molecule has 0 radical (unpaired) electrons. The van der Waals surface area contributed by atoms with Gasteiger partial charge in [0.15, 0.2) is 0 Å². The van der Waals surface area contributed by atoms with Crippen LogP contribution in [0.3, 0.4) is 0 Å². The SMILES string of the molecule is COc1ncnc(NCCN2CCNCC2)c1[N+](=O)[O-]. The predicted molar refractivity (Wildman–Crippen MR) is 73.0 cm³/mol. The number of nitrogens with one attached hydrogen (secondary N) is 2. The van der Waals surface area contributed by atoms with Gasteiger partial charge in [-0.15, -0.1) is 0 Å². The highest BCUT2D eigenvalue weighted by Crippen LogP contribution is 2.29. The lowest BCUT2D eigenvalue weighted by Gasteiger charge is -2.27. The summed E-state index contributed by atoms with van der Waals surface area (Å²) in [5.41, 5.74) is -0.227. The number of rotatable bonds is 6. The van der Waals surface area contributed by atoms with Gasteiger partial charge < -0.3 is 15.4 Å². The number of methoxy groups -OCH3 is 1. The van der Waals surface area contributed by atoms with Crippen LogP contribution in [-0.4, -0.2) is 66.2 Å². The van der Waals surface area contributed by atoms with Crippen LogP contribution in [0.1, 0.15) is 0 Å². The van der Waals surface area contributed by atoms with Gasteiger partial charge in [0.2, 0.25) is 5.82 Å². The van der Waals surface area contributed by atoms with Gasteiger partial charge in [0.05, 0.1) is 12.0 Å². The largest absolute Gasteiger partial charge is 0.476 e. The van der Waals surface area contributed by atoms with Crippen molar-refractivity contribution >= 4 is 11.5 Å². The normalized spacial score (nSPS) is 15.8. The fraction of sp³-hybridized carbons (Fsp3) is 0.636. The van der Waals surface area contributed by atoms with Gasteiger partial charge in [-0.2, -0.15) is 4.98 Å². The number of nitro groups is 1. The third-order valence-corrected chi connectivity index (χ3v) is 3.09. The van der Waals surface area contributed by atoms with Crippen LogP contribution in [0.5, 0.6) is 5.88 Å². The fourth-order valence-electron chi connectivity index (χ4n) is 2.07. The topological polar surface area (TPSA) is 105 Å². The molecule has 0 unspecified atom stereocenters. The van der Waals surface area contributed by atoms with Crippen molar-refractivity contribution in [3.63, 3.8) is 0 Å². The summed E-state index contributed by atoms with van der Waals surface area (Å²) in [6.07, 6.45) is 1.25. The van der Waals surface area contributed by atoms with Crippen LogP contribution in [0.4, 0.5) is 11.5 Å². The molecule has 0 saturated carbocycles. The second-order valence-corrected chi connectivity index (χ2v) is 4.36. The zero-order chi connectivity index (χ0) is 14.4. The van der Waals surface area contributed by atoms with Gasteiger partial charge in [0.25, 0.3) is 5.88 Å². The van der Waals surface area contributed by atoms with E-state index in [0.29, 0.717) is 6.54 Å². The summed E-state index contributed by atoms with van der Waals surface area (Å²) in [5.74, 6) is 0.159. The Hall–Kier alpha value is -2.00. The summed E-state index contributed by atoms with van der Waals surface area (Å²) >= 11 is 0. The third kappa shape index (κ3) is 3.52. The Kier molecular flexibility index (Phi) is 5.02. The quantitative estimate of drug-likeness (QED) is 0.541. The Morgan fingerprint density at radius 2 is 2.25 bits per heavy atom. The van der Waals surface area contributed by atoms with Gasteiger partial charge in [-0.25, -0.2) is 4.98 Å². The van der Waals surface area contributed by atoms with Crippen LogP contribution >= 0.6 is 0 Å². The van der Waals surface area contributed by atoms with Crippen molar-refractivity contribution < 1.29 is 9.66 Å². The minimum absolute atomic E-state index is 0.0327. The summed E-state index contributed by atoms with van der Waals surface area (Å²) in [6.45, 7) is 5.31. The maximum absolute atomic E-state index is 11.1. The number of aromatic nitrogens is 2. The van der Waals surface area contributed by atoms with Crippen LogP contribution in [0.15, 0.2) is 6.33 Å². The van der Waals surface area contributed by atoms with E-state index in [1.165, 1.54) is 13.4 Å². The standard InChI is InChI=1S/C11H18N6O3/c1-20-11-9(17(18)19)10(14-8-15-11)13-4-7-16-5-2-12-3-6-16/h8,12H,2-7H2,1H3,(H,13,14,15). The van der Waals surface area contributed by atoms with Crippen LogP contribution in [-0.2, 0) is 0 Å². The van der Waals surface area contributed by atoms with Gasteiger partial charge >= 0.3 is 5.69 Å². The molecule has 110 valence electrons. The maximum Gasteiger partial charge on any atom is 0.372 e. The molecular weight excluding hydrogens is 264 g/mol. The monoisotopic (exact) mass is 282 g/mol. The molecule has 0 amide bonds. The first-order valence-corrected chi connectivity index (χ1v) is 6.42. The van der Waals surface area contributed by atoms with Crippen molar-refractivity contribution in [2.45, 2.75) is 0 Å². The highest BCUT2D eigenvalue weighted by Gasteiger charge is 2.23. The zero-order valence-corrected chi connectivity index (χ0v) is 11.3. The Bertz CT molecular complexity index is 463. The lowest BCUT2D eigenvalue weighted by Crippen LogP contribution is -2.45. The number of hydrogen-bond donors (Lipinski definition) is 2. The molecule has 0 aliphatic carbocycles. The van der Waals surface area contributed by atoms with Crippen LogP contribution in [0, 0.1) is 10.1 Å². The van der Waals surface area contributed by atoms with Gasteiger partial charge in [0.1, 0.15) is 6.33 Å². The zero-order valence-electron chi connectivity index (χ0n) is 11.3. The summed E-state index contributed by atoms with van der Waals surface area (Å²) in [7, 11) is 1.35. The van der Waals surface area contributed by atoms with E-state index in [-0.39, 0.29) is 17.4 Å². The molecule has 0 atom stereocenters. The van der Waals surface area contributed by atoms with Gasteiger partial charge in [-0.05, 0) is 0 Å². The Balaban J connectivity index is 1.96. The number of nitrogens with zero attached hydrogens (tertiary/aromatic N) is 4. The van der Waals surface area contributed by atoms with Crippen LogP contribution < -0.4 is 15.4 Å². The number of ether oxygens (including phenoxy) is 1. The Labute approximate surface area is 116 Å². The van der Waals surface area contributed by atoms with Crippen LogP contribution in [0.25, 0.3) is 0 Å². The van der Waals surface area contributed by atoms with E-state index < -0.39 is 4.92 Å². The smallest absolute Gasteiger partial charge is 0.372 e. The van der Waals surface area contributed by atoms with E-state index in [1.54, 1.807) is 0 Å². The molecule has 1 fully saturated rings. The number of hydrogen-bond acceptors (Lipinski definition) is 8. The second kappa shape index (κ2) is 6.96. The van der Waals surface area contributed by atoms with Crippen molar-refractivity contribution in [3.8, 4) is 5.88 Å². The summed E-state index contributed by atoms with van der Waals surface area (Å²) < 4.78 is 4.89. The average molecular weight is 282 g/mol. The first-order valence-electron chi connectivity index (χ1n) is 6.42.